The minimum atomic E-state index is -1.54. The van der Waals surface area contributed by atoms with Gasteiger partial charge in [0.15, 0.2) is 0 Å². The van der Waals surface area contributed by atoms with Crippen LogP contribution in [0.5, 0.6) is 0 Å². The first kappa shape index (κ1) is 28.8. The van der Waals surface area contributed by atoms with Crippen LogP contribution in [0.4, 0.5) is 0 Å². The third-order valence-corrected chi connectivity index (χ3v) is 5.91. The number of carbonyl (C=O) groups is 6. The molecule has 5 unspecified atom stereocenters. The van der Waals surface area contributed by atoms with Crippen molar-refractivity contribution in [3.05, 3.63) is 24.3 Å². The molecule has 0 aromatic carbocycles. The molecular formula is C23H32N4O9. The minimum absolute atomic E-state index is 0.0365. The Morgan fingerprint density at radius 1 is 0.750 bits per heavy atom. The molecule has 198 valence electrons. The van der Waals surface area contributed by atoms with Gasteiger partial charge >= 0.3 is 0 Å². The smallest absolute Gasteiger partial charge is 0.253 e. The van der Waals surface area contributed by atoms with Gasteiger partial charge in [0.25, 0.3) is 23.6 Å². The lowest BCUT2D eigenvalue weighted by molar-refractivity contribution is -0.138. The predicted octanol–water partition coefficient (Wildman–Crippen LogP) is -2.80. The summed E-state index contributed by atoms with van der Waals surface area (Å²) < 4.78 is 0. The van der Waals surface area contributed by atoms with E-state index in [-0.39, 0.29) is 39.0 Å². The van der Waals surface area contributed by atoms with E-state index in [1.807, 2.05) is 0 Å². The van der Waals surface area contributed by atoms with Crippen molar-refractivity contribution in [3.63, 3.8) is 0 Å². The fraction of sp³-hybridized carbons (Fsp3) is 0.565. The molecular weight excluding hydrogens is 476 g/mol. The van der Waals surface area contributed by atoms with E-state index in [1.54, 1.807) is 0 Å². The monoisotopic (exact) mass is 508 g/mol. The van der Waals surface area contributed by atoms with Gasteiger partial charge in [0.1, 0.15) is 0 Å². The molecule has 0 radical (unpaired) electrons. The Labute approximate surface area is 207 Å². The zero-order valence-corrected chi connectivity index (χ0v) is 20.1. The van der Waals surface area contributed by atoms with Gasteiger partial charge in [-0.25, -0.2) is 0 Å². The summed E-state index contributed by atoms with van der Waals surface area (Å²) in [5.41, 5.74) is 0. The number of nitrogens with zero attached hydrogens (tertiary/aromatic N) is 2. The van der Waals surface area contributed by atoms with Crippen LogP contribution in [0.3, 0.4) is 0 Å². The summed E-state index contributed by atoms with van der Waals surface area (Å²) in [6, 6.07) is 0. The SMILES string of the molecule is CC(O)CC(CC(O)C(O)C(C)C(=O)NCCN1C(=O)C=CC1=O)C(=O)NCCN1C(=O)C=CC1=O. The largest absolute Gasteiger partial charge is 0.393 e. The summed E-state index contributed by atoms with van der Waals surface area (Å²) >= 11 is 0. The highest BCUT2D eigenvalue weighted by Gasteiger charge is 2.33. The number of nitrogens with one attached hydrogen (secondary N) is 2. The maximum Gasteiger partial charge on any atom is 0.253 e. The highest BCUT2D eigenvalue weighted by atomic mass is 16.3. The summed E-state index contributed by atoms with van der Waals surface area (Å²) in [4.78, 5) is 73.1. The van der Waals surface area contributed by atoms with E-state index in [4.69, 9.17) is 0 Å². The van der Waals surface area contributed by atoms with Crippen molar-refractivity contribution in [2.75, 3.05) is 26.2 Å². The molecule has 0 spiro atoms. The number of aliphatic hydroxyl groups excluding tert-OH is 3. The molecule has 0 bridgehead atoms. The van der Waals surface area contributed by atoms with Crippen LogP contribution in [0.25, 0.3) is 0 Å². The number of imide groups is 2. The Bertz CT molecular complexity index is 910. The first-order valence-corrected chi connectivity index (χ1v) is 11.6. The first-order valence-electron chi connectivity index (χ1n) is 11.6. The summed E-state index contributed by atoms with van der Waals surface area (Å²) in [6.07, 6.45) is 0.254. The lowest BCUT2D eigenvalue weighted by atomic mass is 9.88. The first-order chi connectivity index (χ1) is 16.9. The third kappa shape index (κ3) is 7.80. The Morgan fingerprint density at radius 3 is 1.58 bits per heavy atom. The lowest BCUT2D eigenvalue weighted by Crippen LogP contribution is -2.46. The van der Waals surface area contributed by atoms with Crippen LogP contribution in [-0.2, 0) is 28.8 Å². The number of carbonyl (C=O) groups excluding carboxylic acids is 6. The van der Waals surface area contributed by atoms with Crippen LogP contribution in [0.15, 0.2) is 24.3 Å². The number of hydrogen-bond acceptors (Lipinski definition) is 9. The molecule has 5 atom stereocenters. The van der Waals surface area contributed by atoms with Crippen LogP contribution in [0.1, 0.15) is 26.7 Å². The molecule has 5 N–H and O–H groups in total. The molecule has 2 heterocycles. The van der Waals surface area contributed by atoms with E-state index in [0.717, 1.165) is 34.1 Å². The average molecular weight is 509 g/mol. The van der Waals surface area contributed by atoms with Crippen molar-refractivity contribution in [2.45, 2.75) is 45.0 Å². The molecule has 2 rings (SSSR count). The van der Waals surface area contributed by atoms with Crippen LogP contribution >= 0.6 is 0 Å². The van der Waals surface area contributed by atoms with Crippen molar-refractivity contribution in [1.29, 1.82) is 0 Å². The Balaban J connectivity index is 1.83. The van der Waals surface area contributed by atoms with Gasteiger partial charge in [-0.05, 0) is 19.8 Å². The zero-order chi connectivity index (χ0) is 27.0. The van der Waals surface area contributed by atoms with Gasteiger partial charge in [0, 0.05) is 56.4 Å². The molecule has 0 fully saturated rings. The molecule has 2 aliphatic rings. The maximum absolute atomic E-state index is 12.6. The van der Waals surface area contributed by atoms with E-state index in [1.165, 1.54) is 13.8 Å². The summed E-state index contributed by atoms with van der Waals surface area (Å²) in [7, 11) is 0. The van der Waals surface area contributed by atoms with Gasteiger partial charge in [-0.2, -0.15) is 0 Å². The van der Waals surface area contributed by atoms with Crippen LogP contribution < -0.4 is 10.6 Å². The van der Waals surface area contributed by atoms with Gasteiger partial charge in [0.05, 0.1) is 24.2 Å². The zero-order valence-electron chi connectivity index (χ0n) is 20.1. The predicted molar refractivity (Wildman–Crippen MR) is 123 cm³/mol. The average Bonchev–Trinajstić information content (AvgIpc) is 3.32. The summed E-state index contributed by atoms with van der Waals surface area (Å²) in [5.74, 6) is -5.15. The van der Waals surface area contributed by atoms with E-state index in [0.29, 0.717) is 0 Å². The summed E-state index contributed by atoms with van der Waals surface area (Å²) in [5, 5.41) is 35.8. The molecule has 13 heteroatoms. The van der Waals surface area contributed by atoms with Crippen LogP contribution in [0, 0.1) is 11.8 Å². The topological polar surface area (TPSA) is 194 Å². The number of rotatable bonds is 14. The fourth-order valence-corrected chi connectivity index (χ4v) is 3.83. The Morgan fingerprint density at radius 2 is 1.17 bits per heavy atom. The second-order valence-corrected chi connectivity index (χ2v) is 8.77. The van der Waals surface area contributed by atoms with Crippen molar-refractivity contribution in [2.24, 2.45) is 11.8 Å². The molecule has 13 nitrogen and oxygen atoms in total. The maximum atomic E-state index is 12.6. The van der Waals surface area contributed by atoms with E-state index >= 15 is 0 Å². The van der Waals surface area contributed by atoms with Crippen LogP contribution in [-0.4, -0.2) is 105 Å². The molecule has 6 amide bonds. The molecule has 0 aliphatic carbocycles. The molecule has 0 aromatic heterocycles. The fourth-order valence-electron chi connectivity index (χ4n) is 3.83. The standard InChI is InChI=1S/C23H32N4O9/c1-13(28)11-15(23(36)25-8-10-27-19(32)5-6-20(27)33)12-16(29)21(34)14(2)22(35)24-7-9-26-17(30)3-4-18(26)31/h3-6,13-16,21,28-29,34H,7-12H2,1-2H3,(H,24,35)(H,25,36). The second kappa shape index (κ2) is 13.0. The van der Waals surface area contributed by atoms with Gasteiger partial charge in [0.2, 0.25) is 11.8 Å². The summed E-state index contributed by atoms with van der Waals surface area (Å²) in [6.45, 7) is 2.64. The normalized spacial score (nSPS) is 19.5. The molecule has 0 saturated heterocycles. The molecule has 0 aromatic rings. The third-order valence-electron chi connectivity index (χ3n) is 5.91. The number of amides is 6. The van der Waals surface area contributed by atoms with Gasteiger partial charge in [-0.15, -0.1) is 0 Å². The van der Waals surface area contributed by atoms with Crippen molar-refractivity contribution in [3.8, 4) is 0 Å². The Kier molecular flexibility index (Phi) is 10.4. The Hall–Kier alpha value is -3.42. The number of hydrogen-bond donors (Lipinski definition) is 5. The highest BCUT2D eigenvalue weighted by Crippen LogP contribution is 2.20. The molecule has 36 heavy (non-hydrogen) atoms. The van der Waals surface area contributed by atoms with Crippen molar-refractivity contribution < 1.29 is 44.1 Å². The minimum Gasteiger partial charge on any atom is -0.393 e. The van der Waals surface area contributed by atoms with E-state index < -0.39 is 65.6 Å². The van der Waals surface area contributed by atoms with Crippen LogP contribution in [0.2, 0.25) is 0 Å². The lowest BCUT2D eigenvalue weighted by Gasteiger charge is -2.27. The quantitative estimate of drug-likeness (QED) is 0.154. The second-order valence-electron chi connectivity index (χ2n) is 8.77. The number of aliphatic hydroxyl groups is 3. The van der Waals surface area contributed by atoms with Gasteiger partial charge < -0.3 is 26.0 Å². The molecule has 0 saturated carbocycles. The van der Waals surface area contributed by atoms with E-state index in [9.17, 15) is 44.1 Å². The van der Waals surface area contributed by atoms with E-state index in [2.05, 4.69) is 10.6 Å². The van der Waals surface area contributed by atoms with Crippen molar-refractivity contribution >= 4 is 35.4 Å². The highest BCUT2D eigenvalue weighted by molar-refractivity contribution is 6.13. The van der Waals surface area contributed by atoms with Crippen molar-refractivity contribution in [1.82, 2.24) is 20.4 Å². The van der Waals surface area contributed by atoms with Gasteiger partial charge in [-0.1, -0.05) is 6.92 Å². The molecule has 2 aliphatic heterocycles. The van der Waals surface area contributed by atoms with Gasteiger partial charge in [-0.3, -0.25) is 38.6 Å².